The molecule has 0 bridgehead atoms. The Hall–Kier alpha value is -2.51. The van der Waals surface area contributed by atoms with Gasteiger partial charge in [0.15, 0.2) is 0 Å². The molecule has 1 aromatic heterocycles. The van der Waals surface area contributed by atoms with Crippen LogP contribution in [0.15, 0.2) is 41.2 Å². The van der Waals surface area contributed by atoms with Crippen LogP contribution in [0.4, 0.5) is 5.82 Å². The van der Waals surface area contributed by atoms with Gasteiger partial charge in [-0.3, -0.25) is 9.69 Å². The number of hydrogen-bond acceptors (Lipinski definition) is 5. The molecule has 1 aliphatic rings. The quantitative estimate of drug-likeness (QED) is 0.871. The van der Waals surface area contributed by atoms with E-state index in [4.69, 9.17) is 4.74 Å². The predicted octanol–water partition coefficient (Wildman–Crippen LogP) is 0.918. The molecule has 1 amide bonds. The van der Waals surface area contributed by atoms with E-state index in [-0.39, 0.29) is 11.7 Å². The molecule has 0 saturated carbocycles. The first kappa shape index (κ1) is 16.4. The van der Waals surface area contributed by atoms with E-state index in [9.17, 15) is 9.59 Å². The third-order valence-corrected chi connectivity index (χ3v) is 3.82. The van der Waals surface area contributed by atoms with Crippen molar-refractivity contribution in [2.75, 3.05) is 25.0 Å². The van der Waals surface area contributed by atoms with Crippen molar-refractivity contribution >= 4 is 11.7 Å². The summed E-state index contributed by atoms with van der Waals surface area (Å²) >= 11 is 0. The number of rotatable bonds is 4. The van der Waals surface area contributed by atoms with Gasteiger partial charge in [0.25, 0.3) is 5.91 Å². The summed E-state index contributed by atoms with van der Waals surface area (Å²) in [6.45, 7) is 4.28. The van der Waals surface area contributed by atoms with Crippen molar-refractivity contribution < 1.29 is 9.53 Å². The Labute approximate surface area is 139 Å². The fraction of sp³-hybridized carbons (Fsp3) is 0.353. The van der Waals surface area contributed by atoms with Gasteiger partial charge in [-0.05, 0) is 12.5 Å². The normalized spacial score (nSPS) is 18.3. The standard InChI is InChI=1S/C17H20N4O3/c1-12-9-15(20-17(23)18-12)19-16(22)14-11-21(7-8-24-14)10-13-5-3-2-4-6-13/h2-6,9,14H,7-8,10-11H2,1H3,(H2,18,19,20,22,23)/t14-/m0/s1. The van der Waals surface area contributed by atoms with Gasteiger partial charge in [-0.2, -0.15) is 4.98 Å². The maximum absolute atomic E-state index is 12.4. The number of aromatic amines is 1. The number of morpholine rings is 1. The van der Waals surface area contributed by atoms with Crippen molar-refractivity contribution in [1.29, 1.82) is 0 Å². The number of ether oxygens (including phenoxy) is 1. The van der Waals surface area contributed by atoms with Crippen LogP contribution in [0.1, 0.15) is 11.3 Å². The zero-order chi connectivity index (χ0) is 16.9. The largest absolute Gasteiger partial charge is 0.366 e. The number of hydrogen-bond donors (Lipinski definition) is 2. The minimum absolute atomic E-state index is 0.241. The average Bonchev–Trinajstić information content (AvgIpc) is 2.55. The molecule has 0 unspecified atom stereocenters. The first-order valence-corrected chi connectivity index (χ1v) is 7.87. The number of nitrogens with one attached hydrogen (secondary N) is 2. The van der Waals surface area contributed by atoms with Crippen LogP contribution in [-0.4, -0.2) is 46.6 Å². The van der Waals surface area contributed by atoms with Crippen molar-refractivity contribution in [1.82, 2.24) is 14.9 Å². The number of carbonyl (C=O) groups excluding carboxylic acids is 1. The highest BCUT2D eigenvalue weighted by molar-refractivity contribution is 5.93. The predicted molar refractivity (Wildman–Crippen MR) is 89.7 cm³/mol. The lowest BCUT2D eigenvalue weighted by atomic mass is 10.2. The van der Waals surface area contributed by atoms with Crippen LogP contribution in [0.5, 0.6) is 0 Å². The molecule has 3 rings (SSSR count). The number of carbonyl (C=O) groups is 1. The van der Waals surface area contributed by atoms with E-state index < -0.39 is 11.8 Å². The lowest BCUT2D eigenvalue weighted by molar-refractivity contribution is -0.133. The molecule has 0 aliphatic carbocycles. The SMILES string of the molecule is Cc1cc(NC(=O)[C@@H]2CN(Cc3ccccc3)CCO2)nc(=O)[nH]1. The van der Waals surface area contributed by atoms with Gasteiger partial charge < -0.3 is 15.0 Å². The van der Waals surface area contributed by atoms with Gasteiger partial charge in [0.1, 0.15) is 11.9 Å². The molecule has 7 heteroatoms. The molecule has 0 spiro atoms. The summed E-state index contributed by atoms with van der Waals surface area (Å²) in [7, 11) is 0. The van der Waals surface area contributed by atoms with Crippen molar-refractivity contribution in [3.63, 3.8) is 0 Å². The summed E-state index contributed by atoms with van der Waals surface area (Å²) in [6, 6.07) is 11.7. The van der Waals surface area contributed by atoms with E-state index in [1.165, 1.54) is 5.56 Å². The Kier molecular flexibility index (Phi) is 5.02. The first-order chi connectivity index (χ1) is 11.6. The lowest BCUT2D eigenvalue weighted by Gasteiger charge is -2.32. The number of anilines is 1. The third kappa shape index (κ3) is 4.27. The van der Waals surface area contributed by atoms with Crippen molar-refractivity contribution in [2.45, 2.75) is 19.6 Å². The second-order valence-corrected chi connectivity index (χ2v) is 5.82. The molecule has 1 atom stereocenters. The van der Waals surface area contributed by atoms with E-state index >= 15 is 0 Å². The van der Waals surface area contributed by atoms with Crippen LogP contribution in [0.3, 0.4) is 0 Å². The number of H-pyrrole nitrogens is 1. The maximum Gasteiger partial charge on any atom is 0.347 e. The molecule has 1 aromatic carbocycles. The smallest absolute Gasteiger partial charge is 0.347 e. The Morgan fingerprint density at radius 2 is 2.21 bits per heavy atom. The van der Waals surface area contributed by atoms with E-state index in [1.807, 2.05) is 18.2 Å². The Bertz CT molecular complexity index is 760. The molecule has 126 valence electrons. The summed E-state index contributed by atoms with van der Waals surface area (Å²) in [4.78, 5) is 32.2. The van der Waals surface area contributed by atoms with Gasteiger partial charge in [0.05, 0.1) is 6.61 Å². The summed E-state index contributed by atoms with van der Waals surface area (Å²) in [6.07, 6.45) is -0.580. The number of benzene rings is 1. The lowest BCUT2D eigenvalue weighted by Crippen LogP contribution is -2.47. The molecule has 1 fully saturated rings. The van der Waals surface area contributed by atoms with Crippen LogP contribution >= 0.6 is 0 Å². The van der Waals surface area contributed by atoms with Crippen LogP contribution in [0.25, 0.3) is 0 Å². The maximum atomic E-state index is 12.4. The van der Waals surface area contributed by atoms with Gasteiger partial charge in [0.2, 0.25) is 0 Å². The van der Waals surface area contributed by atoms with E-state index in [0.717, 1.165) is 13.1 Å². The third-order valence-electron chi connectivity index (χ3n) is 3.82. The zero-order valence-electron chi connectivity index (χ0n) is 13.5. The second kappa shape index (κ2) is 7.37. The molecule has 1 saturated heterocycles. The number of amides is 1. The second-order valence-electron chi connectivity index (χ2n) is 5.82. The Balaban J connectivity index is 1.61. The molecular formula is C17H20N4O3. The number of aryl methyl sites for hydroxylation is 1. The monoisotopic (exact) mass is 328 g/mol. The minimum Gasteiger partial charge on any atom is -0.366 e. The topological polar surface area (TPSA) is 87.3 Å². The highest BCUT2D eigenvalue weighted by Crippen LogP contribution is 2.12. The fourth-order valence-electron chi connectivity index (χ4n) is 2.70. The van der Waals surface area contributed by atoms with Crippen LogP contribution in [0, 0.1) is 6.92 Å². The molecule has 1 aliphatic heterocycles. The summed E-state index contributed by atoms with van der Waals surface area (Å²) in [5, 5.41) is 2.66. The highest BCUT2D eigenvalue weighted by atomic mass is 16.5. The number of aromatic nitrogens is 2. The van der Waals surface area contributed by atoms with Gasteiger partial charge in [0, 0.05) is 31.4 Å². The van der Waals surface area contributed by atoms with Gasteiger partial charge in [-0.1, -0.05) is 30.3 Å². The number of nitrogens with zero attached hydrogens (tertiary/aromatic N) is 2. The van der Waals surface area contributed by atoms with E-state index in [2.05, 4.69) is 32.3 Å². The summed E-state index contributed by atoms with van der Waals surface area (Å²) in [5.41, 5.74) is 1.35. The molecule has 2 N–H and O–H groups in total. The summed E-state index contributed by atoms with van der Waals surface area (Å²) < 4.78 is 5.57. The Morgan fingerprint density at radius 1 is 1.42 bits per heavy atom. The van der Waals surface area contributed by atoms with Gasteiger partial charge in [-0.25, -0.2) is 4.79 Å². The van der Waals surface area contributed by atoms with Gasteiger partial charge in [-0.15, -0.1) is 0 Å². The summed E-state index contributed by atoms with van der Waals surface area (Å²) in [5.74, 6) is -0.0460. The van der Waals surface area contributed by atoms with Gasteiger partial charge >= 0.3 is 5.69 Å². The molecule has 24 heavy (non-hydrogen) atoms. The van der Waals surface area contributed by atoms with Crippen LogP contribution < -0.4 is 11.0 Å². The molecule has 2 aromatic rings. The Morgan fingerprint density at radius 3 is 2.96 bits per heavy atom. The van der Waals surface area contributed by atoms with Crippen molar-refractivity contribution in [2.24, 2.45) is 0 Å². The zero-order valence-corrected chi connectivity index (χ0v) is 13.5. The van der Waals surface area contributed by atoms with Crippen molar-refractivity contribution in [3.8, 4) is 0 Å². The first-order valence-electron chi connectivity index (χ1n) is 7.87. The minimum atomic E-state index is -0.580. The highest BCUT2D eigenvalue weighted by Gasteiger charge is 2.27. The van der Waals surface area contributed by atoms with Crippen LogP contribution in [-0.2, 0) is 16.1 Å². The fourth-order valence-corrected chi connectivity index (χ4v) is 2.70. The van der Waals surface area contributed by atoms with E-state index in [1.54, 1.807) is 13.0 Å². The van der Waals surface area contributed by atoms with E-state index in [0.29, 0.717) is 18.8 Å². The molecule has 0 radical (unpaired) electrons. The van der Waals surface area contributed by atoms with Crippen LogP contribution in [0.2, 0.25) is 0 Å². The molecule has 2 heterocycles. The van der Waals surface area contributed by atoms with Crippen molar-refractivity contribution in [3.05, 3.63) is 58.1 Å². The molecular weight excluding hydrogens is 308 g/mol. The molecule has 7 nitrogen and oxygen atoms in total. The average molecular weight is 328 g/mol.